The van der Waals surface area contributed by atoms with Gasteiger partial charge in [-0.25, -0.2) is 0 Å². The summed E-state index contributed by atoms with van der Waals surface area (Å²) in [5, 5.41) is 5.63. The van der Waals surface area contributed by atoms with E-state index < -0.39 is 11.8 Å². The van der Waals surface area contributed by atoms with Gasteiger partial charge in [0.15, 0.2) is 0 Å². The quantitative estimate of drug-likeness (QED) is 0.618. The number of amides is 2. The molecule has 2 aliphatic carbocycles. The van der Waals surface area contributed by atoms with Gasteiger partial charge >= 0.3 is 11.8 Å². The van der Waals surface area contributed by atoms with Gasteiger partial charge in [0.1, 0.15) is 0 Å². The number of carbonyl (C=O) groups is 2. The van der Waals surface area contributed by atoms with Gasteiger partial charge in [0, 0.05) is 12.6 Å². The van der Waals surface area contributed by atoms with Crippen molar-refractivity contribution in [1.82, 2.24) is 10.6 Å². The second-order valence-corrected chi connectivity index (χ2v) is 6.46. The van der Waals surface area contributed by atoms with Crippen LogP contribution in [0.5, 0.6) is 0 Å². The van der Waals surface area contributed by atoms with E-state index in [-0.39, 0.29) is 6.04 Å². The Morgan fingerprint density at radius 1 is 1.14 bits per heavy atom. The largest absolute Gasteiger partial charge is 0.348 e. The number of hydrogen-bond donors (Lipinski definition) is 2. The van der Waals surface area contributed by atoms with E-state index in [1.807, 2.05) is 0 Å². The summed E-state index contributed by atoms with van der Waals surface area (Å²) in [6.07, 6.45) is 12.5. The highest BCUT2D eigenvalue weighted by Crippen LogP contribution is 2.23. The topological polar surface area (TPSA) is 58.2 Å². The molecule has 1 saturated carbocycles. The third-order valence-corrected chi connectivity index (χ3v) is 4.75. The molecule has 2 amide bonds. The van der Waals surface area contributed by atoms with Crippen LogP contribution in [0.3, 0.4) is 0 Å². The van der Waals surface area contributed by atoms with E-state index in [0.29, 0.717) is 12.5 Å². The molecule has 2 aliphatic rings. The molecule has 1 fully saturated rings. The molecule has 0 bridgehead atoms. The summed E-state index contributed by atoms with van der Waals surface area (Å²) in [5.41, 5.74) is 1.42. The molecule has 0 aromatic heterocycles. The lowest BCUT2D eigenvalue weighted by Crippen LogP contribution is -2.47. The van der Waals surface area contributed by atoms with Gasteiger partial charge in [0.2, 0.25) is 0 Å². The molecular formula is C17H28N2O2. The summed E-state index contributed by atoms with van der Waals surface area (Å²) in [7, 11) is 0. The van der Waals surface area contributed by atoms with Gasteiger partial charge in [0.05, 0.1) is 0 Å². The lowest BCUT2D eigenvalue weighted by molar-refractivity contribution is -0.139. The van der Waals surface area contributed by atoms with Gasteiger partial charge in [0.25, 0.3) is 0 Å². The van der Waals surface area contributed by atoms with Crippen LogP contribution in [0, 0.1) is 5.92 Å². The van der Waals surface area contributed by atoms with Crippen molar-refractivity contribution in [3.8, 4) is 0 Å². The molecular weight excluding hydrogens is 264 g/mol. The lowest BCUT2D eigenvalue weighted by atomic mass is 9.86. The van der Waals surface area contributed by atoms with E-state index in [4.69, 9.17) is 0 Å². The van der Waals surface area contributed by atoms with Crippen molar-refractivity contribution in [3.05, 3.63) is 11.6 Å². The zero-order valence-electron chi connectivity index (χ0n) is 13.1. The van der Waals surface area contributed by atoms with Gasteiger partial charge < -0.3 is 10.6 Å². The van der Waals surface area contributed by atoms with Gasteiger partial charge in [-0.05, 0) is 50.9 Å². The van der Waals surface area contributed by atoms with Crippen LogP contribution in [0.15, 0.2) is 11.6 Å². The third-order valence-electron chi connectivity index (χ3n) is 4.75. The van der Waals surface area contributed by atoms with Crippen LogP contribution in [0.2, 0.25) is 0 Å². The smallest absolute Gasteiger partial charge is 0.309 e. The van der Waals surface area contributed by atoms with Crippen molar-refractivity contribution in [2.24, 2.45) is 5.92 Å². The Bertz CT molecular complexity index is 404. The Kier molecular flexibility index (Phi) is 6.27. The second-order valence-electron chi connectivity index (χ2n) is 6.46. The highest BCUT2D eigenvalue weighted by Gasteiger charge is 2.25. The Hall–Kier alpha value is -1.32. The predicted octanol–water partition coefficient (Wildman–Crippen LogP) is 2.69. The molecule has 4 heteroatoms. The van der Waals surface area contributed by atoms with Crippen LogP contribution in [0.1, 0.15) is 64.7 Å². The molecule has 118 valence electrons. The summed E-state index contributed by atoms with van der Waals surface area (Å²) in [6.45, 7) is 2.72. The van der Waals surface area contributed by atoms with Crippen LogP contribution >= 0.6 is 0 Å². The number of rotatable bonds is 4. The molecule has 2 atom stereocenters. The van der Waals surface area contributed by atoms with Crippen LogP contribution in [-0.2, 0) is 9.59 Å². The highest BCUT2D eigenvalue weighted by molar-refractivity contribution is 6.35. The standard InChI is InChI=1S/C17H28N2O2/c1-13-7-5-6-10-15(13)19-17(21)16(20)18-12-11-14-8-3-2-4-9-14/h8,13,15H,2-7,9-12H2,1H3,(H,18,20)(H,19,21)/t13-,15+/m1/s1. The summed E-state index contributed by atoms with van der Waals surface area (Å²) in [5.74, 6) is -0.474. The fraction of sp³-hybridized carbons (Fsp3) is 0.765. The van der Waals surface area contributed by atoms with Crippen molar-refractivity contribution >= 4 is 11.8 Å². The first-order valence-corrected chi connectivity index (χ1v) is 8.43. The van der Waals surface area contributed by atoms with Crippen molar-refractivity contribution in [2.45, 2.75) is 70.8 Å². The maximum atomic E-state index is 11.9. The van der Waals surface area contributed by atoms with E-state index in [1.54, 1.807) is 0 Å². The number of carbonyl (C=O) groups excluding carboxylic acids is 2. The number of hydrogen-bond acceptors (Lipinski definition) is 2. The Balaban J connectivity index is 1.67. The van der Waals surface area contributed by atoms with Crippen molar-refractivity contribution in [2.75, 3.05) is 6.54 Å². The summed E-state index contributed by atoms with van der Waals surface area (Å²) in [4.78, 5) is 23.7. The first-order chi connectivity index (χ1) is 10.2. The first-order valence-electron chi connectivity index (χ1n) is 8.43. The minimum absolute atomic E-state index is 0.165. The van der Waals surface area contributed by atoms with Gasteiger partial charge in [-0.1, -0.05) is 31.4 Å². The molecule has 2 N–H and O–H groups in total. The molecule has 0 saturated heterocycles. The van der Waals surface area contributed by atoms with Crippen LogP contribution in [0.25, 0.3) is 0 Å². The minimum Gasteiger partial charge on any atom is -0.348 e. The van der Waals surface area contributed by atoms with Crippen LogP contribution in [-0.4, -0.2) is 24.4 Å². The molecule has 0 unspecified atom stereocenters. The molecule has 0 aromatic carbocycles. The van der Waals surface area contributed by atoms with E-state index in [0.717, 1.165) is 38.5 Å². The monoisotopic (exact) mass is 292 g/mol. The van der Waals surface area contributed by atoms with E-state index >= 15 is 0 Å². The van der Waals surface area contributed by atoms with Crippen molar-refractivity contribution < 1.29 is 9.59 Å². The maximum absolute atomic E-state index is 11.9. The van der Waals surface area contributed by atoms with Crippen LogP contribution in [0.4, 0.5) is 0 Å². The normalized spacial score (nSPS) is 25.9. The van der Waals surface area contributed by atoms with Crippen molar-refractivity contribution in [1.29, 1.82) is 0 Å². The third kappa shape index (κ3) is 5.18. The number of nitrogens with one attached hydrogen (secondary N) is 2. The minimum atomic E-state index is -0.482. The predicted molar refractivity (Wildman–Crippen MR) is 83.7 cm³/mol. The zero-order valence-corrected chi connectivity index (χ0v) is 13.1. The van der Waals surface area contributed by atoms with Crippen LogP contribution < -0.4 is 10.6 Å². The second kappa shape index (κ2) is 8.20. The molecule has 0 radical (unpaired) electrons. The van der Waals surface area contributed by atoms with Gasteiger partial charge in [-0.15, -0.1) is 0 Å². The van der Waals surface area contributed by atoms with Gasteiger partial charge in [-0.3, -0.25) is 9.59 Å². The summed E-state index contributed by atoms with van der Waals surface area (Å²) < 4.78 is 0. The fourth-order valence-electron chi connectivity index (χ4n) is 3.31. The van der Waals surface area contributed by atoms with E-state index in [1.165, 1.54) is 24.8 Å². The Labute approximate surface area is 127 Å². The molecule has 0 heterocycles. The summed E-state index contributed by atoms with van der Waals surface area (Å²) >= 11 is 0. The molecule has 0 aromatic rings. The Morgan fingerprint density at radius 2 is 1.95 bits per heavy atom. The fourth-order valence-corrected chi connectivity index (χ4v) is 3.31. The molecule has 21 heavy (non-hydrogen) atoms. The molecule has 0 aliphatic heterocycles. The van der Waals surface area contributed by atoms with E-state index in [2.05, 4.69) is 23.6 Å². The Morgan fingerprint density at radius 3 is 2.67 bits per heavy atom. The molecule has 4 nitrogen and oxygen atoms in total. The maximum Gasteiger partial charge on any atom is 0.309 e. The average Bonchev–Trinajstić information content (AvgIpc) is 2.50. The van der Waals surface area contributed by atoms with Gasteiger partial charge in [-0.2, -0.15) is 0 Å². The first kappa shape index (κ1) is 16.1. The van der Waals surface area contributed by atoms with E-state index in [9.17, 15) is 9.59 Å². The molecule has 0 spiro atoms. The summed E-state index contributed by atoms with van der Waals surface area (Å²) in [6, 6.07) is 0.165. The highest BCUT2D eigenvalue weighted by atomic mass is 16.2. The van der Waals surface area contributed by atoms with Crippen molar-refractivity contribution in [3.63, 3.8) is 0 Å². The number of allylic oxidation sites excluding steroid dienone is 1. The zero-order chi connectivity index (χ0) is 15.1. The lowest BCUT2D eigenvalue weighted by Gasteiger charge is -2.29. The average molecular weight is 292 g/mol. The SMILES string of the molecule is C[C@@H]1CCCC[C@@H]1NC(=O)C(=O)NCCC1=CCCCC1. The molecule has 2 rings (SSSR count).